The van der Waals surface area contributed by atoms with Gasteiger partial charge in [-0.05, 0) is 31.9 Å². The quantitative estimate of drug-likeness (QED) is 0.778. The normalized spacial score (nSPS) is 12.9. The van der Waals surface area contributed by atoms with Gasteiger partial charge < -0.3 is 15.7 Å². The number of hydrogen-bond donors (Lipinski definition) is 3. The van der Waals surface area contributed by atoms with Gasteiger partial charge in [0.1, 0.15) is 0 Å². The van der Waals surface area contributed by atoms with Crippen LogP contribution in [0.15, 0.2) is 28.7 Å². The Balaban J connectivity index is 2.63. The van der Waals surface area contributed by atoms with Crippen molar-refractivity contribution in [3.8, 4) is 0 Å². The minimum Gasteiger partial charge on any atom is -0.389 e. The van der Waals surface area contributed by atoms with Crippen LogP contribution in [0.3, 0.4) is 0 Å². The zero-order chi connectivity index (χ0) is 14.5. The predicted octanol–water partition coefficient (Wildman–Crippen LogP) is 2.97. The third-order valence-corrected chi connectivity index (χ3v) is 3.40. The van der Waals surface area contributed by atoms with Crippen LogP contribution in [0.2, 0.25) is 0 Å². The fraction of sp³-hybridized carbons (Fsp3) is 0.500. The second kappa shape index (κ2) is 6.91. The Bertz CT molecular complexity index is 430. The molecule has 5 heteroatoms. The lowest BCUT2D eigenvalue weighted by atomic mass is 10.1. The van der Waals surface area contributed by atoms with E-state index in [-0.39, 0.29) is 18.6 Å². The number of carbonyl (C=O) groups is 1. The fourth-order valence-corrected chi connectivity index (χ4v) is 2.22. The van der Waals surface area contributed by atoms with Crippen molar-refractivity contribution in [2.24, 2.45) is 0 Å². The molecule has 2 amide bonds. The summed E-state index contributed by atoms with van der Waals surface area (Å²) in [7, 11) is 0. The summed E-state index contributed by atoms with van der Waals surface area (Å²) in [5, 5.41) is 15.1. The number of aliphatic hydroxyl groups is 1. The van der Waals surface area contributed by atoms with Crippen molar-refractivity contribution < 1.29 is 9.90 Å². The van der Waals surface area contributed by atoms with Gasteiger partial charge in [-0.25, -0.2) is 4.79 Å². The molecule has 0 aromatic heterocycles. The number of hydrogen-bond acceptors (Lipinski definition) is 2. The van der Waals surface area contributed by atoms with Crippen molar-refractivity contribution in [2.45, 2.75) is 38.8 Å². The van der Waals surface area contributed by atoms with E-state index in [0.717, 1.165) is 16.5 Å². The van der Waals surface area contributed by atoms with Crippen LogP contribution < -0.4 is 10.6 Å². The van der Waals surface area contributed by atoms with Gasteiger partial charge in [-0.2, -0.15) is 0 Å². The molecule has 3 N–H and O–H groups in total. The summed E-state index contributed by atoms with van der Waals surface area (Å²) in [5.74, 6) is 0. The average molecular weight is 329 g/mol. The van der Waals surface area contributed by atoms with E-state index in [2.05, 4.69) is 26.6 Å². The number of halogens is 1. The molecule has 19 heavy (non-hydrogen) atoms. The molecule has 0 unspecified atom stereocenters. The molecule has 4 nitrogen and oxygen atoms in total. The van der Waals surface area contributed by atoms with E-state index in [1.54, 1.807) is 13.8 Å². The maximum absolute atomic E-state index is 11.8. The standard InChI is InChI=1S/C14H21BrN2O2/c1-4-12(10-7-5-6-8-11(10)15)17-13(18)16-9-14(2,3)19/h5-8,12,19H,4,9H2,1-3H3,(H2,16,17,18)/t12-/m0/s1. The first-order chi connectivity index (χ1) is 8.83. The second-order valence-electron chi connectivity index (χ2n) is 5.12. The van der Waals surface area contributed by atoms with Crippen molar-refractivity contribution in [3.63, 3.8) is 0 Å². The van der Waals surface area contributed by atoms with Gasteiger partial charge in [0.2, 0.25) is 0 Å². The first kappa shape index (κ1) is 16.0. The minimum absolute atomic E-state index is 0.0580. The van der Waals surface area contributed by atoms with Crippen LogP contribution in [0.1, 0.15) is 38.8 Å². The highest BCUT2D eigenvalue weighted by Crippen LogP contribution is 2.25. The van der Waals surface area contributed by atoms with Gasteiger partial charge in [0.05, 0.1) is 11.6 Å². The van der Waals surface area contributed by atoms with Gasteiger partial charge in [-0.1, -0.05) is 41.1 Å². The van der Waals surface area contributed by atoms with Gasteiger partial charge in [-0.3, -0.25) is 0 Å². The molecule has 106 valence electrons. The molecule has 1 aromatic rings. The number of amides is 2. The van der Waals surface area contributed by atoms with Crippen LogP contribution in [0.5, 0.6) is 0 Å². The van der Waals surface area contributed by atoms with E-state index in [4.69, 9.17) is 0 Å². The first-order valence-electron chi connectivity index (χ1n) is 6.34. The molecule has 0 radical (unpaired) electrons. The molecule has 0 saturated heterocycles. The molecule has 1 rings (SSSR count). The molecule has 0 fully saturated rings. The smallest absolute Gasteiger partial charge is 0.315 e. The van der Waals surface area contributed by atoms with Crippen LogP contribution in [-0.2, 0) is 0 Å². The van der Waals surface area contributed by atoms with E-state index in [1.165, 1.54) is 0 Å². The summed E-state index contributed by atoms with van der Waals surface area (Å²) in [4.78, 5) is 11.8. The Hall–Kier alpha value is -1.07. The molecular formula is C14H21BrN2O2. The molecule has 0 aliphatic rings. The third-order valence-electron chi connectivity index (χ3n) is 2.68. The van der Waals surface area contributed by atoms with Crippen molar-refractivity contribution >= 4 is 22.0 Å². The zero-order valence-electron chi connectivity index (χ0n) is 11.5. The largest absolute Gasteiger partial charge is 0.389 e. The van der Waals surface area contributed by atoms with Crippen LogP contribution in [0.4, 0.5) is 4.79 Å². The Morgan fingerprint density at radius 2 is 2.05 bits per heavy atom. The van der Waals surface area contributed by atoms with Crippen LogP contribution in [-0.4, -0.2) is 23.3 Å². The first-order valence-corrected chi connectivity index (χ1v) is 7.14. The lowest BCUT2D eigenvalue weighted by Crippen LogP contribution is -2.44. The average Bonchev–Trinajstić information content (AvgIpc) is 2.33. The van der Waals surface area contributed by atoms with Gasteiger partial charge >= 0.3 is 6.03 Å². The van der Waals surface area contributed by atoms with Gasteiger partial charge in [0, 0.05) is 11.0 Å². The molecule has 1 aromatic carbocycles. The predicted molar refractivity (Wildman–Crippen MR) is 80.0 cm³/mol. The summed E-state index contributed by atoms with van der Waals surface area (Å²) in [6.07, 6.45) is 0.790. The number of benzene rings is 1. The molecular weight excluding hydrogens is 308 g/mol. The van der Waals surface area contributed by atoms with Crippen LogP contribution in [0, 0.1) is 0 Å². The minimum atomic E-state index is -0.910. The highest BCUT2D eigenvalue weighted by Gasteiger charge is 2.17. The van der Waals surface area contributed by atoms with Gasteiger partial charge in [0.25, 0.3) is 0 Å². The van der Waals surface area contributed by atoms with Crippen LogP contribution in [0.25, 0.3) is 0 Å². The van der Waals surface area contributed by atoms with E-state index < -0.39 is 5.60 Å². The monoisotopic (exact) mass is 328 g/mol. The summed E-state index contributed by atoms with van der Waals surface area (Å²) in [6, 6.07) is 7.48. The number of carbonyl (C=O) groups excluding carboxylic acids is 1. The van der Waals surface area contributed by atoms with Crippen molar-refractivity contribution in [1.29, 1.82) is 0 Å². The van der Waals surface area contributed by atoms with E-state index in [9.17, 15) is 9.90 Å². The summed E-state index contributed by atoms with van der Waals surface area (Å²) < 4.78 is 0.977. The third kappa shape index (κ3) is 5.61. The lowest BCUT2D eigenvalue weighted by Gasteiger charge is -2.22. The SMILES string of the molecule is CC[C@H](NC(=O)NCC(C)(C)O)c1ccccc1Br. The lowest BCUT2D eigenvalue weighted by molar-refractivity contribution is 0.0817. The Morgan fingerprint density at radius 1 is 1.42 bits per heavy atom. The van der Waals surface area contributed by atoms with Crippen molar-refractivity contribution in [3.05, 3.63) is 34.3 Å². The van der Waals surface area contributed by atoms with Crippen LogP contribution >= 0.6 is 15.9 Å². The van der Waals surface area contributed by atoms with Gasteiger partial charge in [-0.15, -0.1) is 0 Å². The molecule has 0 spiro atoms. The van der Waals surface area contributed by atoms with Crippen molar-refractivity contribution in [1.82, 2.24) is 10.6 Å². The molecule has 0 saturated carbocycles. The molecule has 0 bridgehead atoms. The Morgan fingerprint density at radius 3 is 2.58 bits per heavy atom. The maximum atomic E-state index is 11.8. The maximum Gasteiger partial charge on any atom is 0.315 e. The second-order valence-corrected chi connectivity index (χ2v) is 5.98. The number of nitrogens with one attached hydrogen (secondary N) is 2. The molecule has 0 aliphatic carbocycles. The summed E-state index contributed by atoms with van der Waals surface area (Å²) in [5.41, 5.74) is 0.134. The highest BCUT2D eigenvalue weighted by molar-refractivity contribution is 9.10. The van der Waals surface area contributed by atoms with Gasteiger partial charge in [0.15, 0.2) is 0 Å². The molecule has 1 atom stereocenters. The van der Waals surface area contributed by atoms with E-state index in [1.807, 2.05) is 31.2 Å². The fourth-order valence-electron chi connectivity index (χ4n) is 1.66. The molecule has 0 heterocycles. The number of urea groups is 1. The Kier molecular flexibility index (Phi) is 5.82. The summed E-state index contributed by atoms with van der Waals surface area (Å²) in [6.45, 7) is 5.53. The van der Waals surface area contributed by atoms with E-state index >= 15 is 0 Å². The number of rotatable bonds is 5. The topological polar surface area (TPSA) is 61.4 Å². The Labute approximate surface area is 122 Å². The van der Waals surface area contributed by atoms with Crippen molar-refractivity contribution in [2.75, 3.05) is 6.54 Å². The summed E-state index contributed by atoms with van der Waals surface area (Å²) >= 11 is 3.49. The van der Waals surface area contributed by atoms with E-state index in [0.29, 0.717) is 0 Å². The zero-order valence-corrected chi connectivity index (χ0v) is 13.1. The molecule has 0 aliphatic heterocycles. The highest BCUT2D eigenvalue weighted by atomic mass is 79.9.